The van der Waals surface area contributed by atoms with Gasteiger partial charge in [-0.3, -0.25) is 9.78 Å². The molecule has 0 bridgehead atoms. The van der Waals surface area contributed by atoms with E-state index < -0.39 is 18.1 Å². The summed E-state index contributed by atoms with van der Waals surface area (Å²) in [6.45, 7) is 4.62. The molecule has 1 aromatic rings. The summed E-state index contributed by atoms with van der Waals surface area (Å²) in [6, 6.07) is 3.95. The molecular weight excluding hydrogens is 282 g/mol. The van der Waals surface area contributed by atoms with E-state index >= 15 is 0 Å². The number of aliphatic carboxylic acids is 1. The lowest BCUT2D eigenvalue weighted by Gasteiger charge is -2.30. The Kier molecular flexibility index (Phi) is 3.44. The molecule has 6 heteroatoms. The number of carbonyl (C=O) groups excluding carboxylic acids is 1. The lowest BCUT2D eigenvalue weighted by atomic mass is 10.00. The van der Waals surface area contributed by atoms with E-state index in [0.717, 1.165) is 5.69 Å². The van der Waals surface area contributed by atoms with Crippen LogP contribution in [-0.4, -0.2) is 45.5 Å². The Morgan fingerprint density at radius 2 is 2.23 bits per heavy atom. The maximum Gasteiger partial charge on any atom is 0.326 e. The average molecular weight is 303 g/mol. The summed E-state index contributed by atoms with van der Waals surface area (Å²) in [5.74, 6) is -0.923. The van der Waals surface area contributed by atoms with Gasteiger partial charge in [-0.15, -0.1) is 0 Å². The van der Waals surface area contributed by atoms with Crippen LogP contribution in [0.15, 0.2) is 24.4 Å². The molecular formula is C16H21N3O3. The molecule has 118 valence electrons. The van der Waals surface area contributed by atoms with E-state index in [1.807, 2.05) is 12.1 Å². The first-order chi connectivity index (χ1) is 10.3. The largest absolute Gasteiger partial charge is 0.480 e. The number of nitrogens with zero attached hydrogens (tertiary/aromatic N) is 2. The van der Waals surface area contributed by atoms with Crippen molar-refractivity contribution in [2.24, 2.45) is 23.0 Å². The average Bonchev–Trinajstić information content (AvgIpc) is 2.86. The summed E-state index contributed by atoms with van der Waals surface area (Å²) >= 11 is 0. The number of aromatic nitrogens is 1. The van der Waals surface area contributed by atoms with Crippen LogP contribution in [0, 0.1) is 17.3 Å². The van der Waals surface area contributed by atoms with Gasteiger partial charge in [0.1, 0.15) is 6.04 Å². The molecule has 2 heterocycles. The summed E-state index contributed by atoms with van der Waals surface area (Å²) in [5.41, 5.74) is 6.74. The van der Waals surface area contributed by atoms with Gasteiger partial charge in [0.05, 0.1) is 6.04 Å². The van der Waals surface area contributed by atoms with Crippen molar-refractivity contribution in [3.63, 3.8) is 0 Å². The summed E-state index contributed by atoms with van der Waals surface area (Å²) in [6.07, 6.45) is 1.97. The molecule has 4 atom stereocenters. The second-order valence-corrected chi connectivity index (χ2v) is 6.86. The molecule has 1 saturated heterocycles. The van der Waals surface area contributed by atoms with Gasteiger partial charge in [0.15, 0.2) is 0 Å². The Bertz CT molecular complexity index is 602. The summed E-state index contributed by atoms with van der Waals surface area (Å²) < 4.78 is 0. The van der Waals surface area contributed by atoms with E-state index in [1.54, 1.807) is 12.3 Å². The Hall–Kier alpha value is -1.95. The molecule has 2 aliphatic rings. The Morgan fingerprint density at radius 1 is 1.50 bits per heavy atom. The van der Waals surface area contributed by atoms with Crippen molar-refractivity contribution in [3.8, 4) is 0 Å². The van der Waals surface area contributed by atoms with E-state index in [0.29, 0.717) is 13.0 Å². The highest BCUT2D eigenvalue weighted by atomic mass is 16.4. The maximum atomic E-state index is 12.6. The van der Waals surface area contributed by atoms with E-state index in [1.165, 1.54) is 4.90 Å². The highest BCUT2D eigenvalue weighted by molar-refractivity contribution is 5.88. The van der Waals surface area contributed by atoms with Gasteiger partial charge in [-0.1, -0.05) is 19.9 Å². The van der Waals surface area contributed by atoms with Gasteiger partial charge in [-0.25, -0.2) is 4.79 Å². The number of likely N-dealkylation sites (tertiary alicyclic amines) is 1. The predicted octanol–water partition coefficient (Wildman–Crippen LogP) is 0.519. The maximum absolute atomic E-state index is 12.6. The minimum absolute atomic E-state index is 0.00488. The van der Waals surface area contributed by atoms with Crippen LogP contribution in [0.4, 0.5) is 0 Å². The number of rotatable bonds is 4. The van der Waals surface area contributed by atoms with E-state index in [4.69, 9.17) is 5.73 Å². The third-order valence-electron chi connectivity index (χ3n) is 5.22. The fourth-order valence-electron chi connectivity index (χ4n) is 3.84. The Morgan fingerprint density at radius 3 is 2.82 bits per heavy atom. The molecule has 1 aliphatic carbocycles. The molecule has 22 heavy (non-hydrogen) atoms. The lowest BCUT2D eigenvalue weighted by molar-refractivity contribution is -0.150. The molecule has 6 nitrogen and oxygen atoms in total. The van der Waals surface area contributed by atoms with E-state index in [9.17, 15) is 14.7 Å². The first-order valence-corrected chi connectivity index (χ1v) is 7.53. The fourth-order valence-corrected chi connectivity index (χ4v) is 3.84. The predicted molar refractivity (Wildman–Crippen MR) is 79.8 cm³/mol. The van der Waals surface area contributed by atoms with Crippen LogP contribution in [0.3, 0.4) is 0 Å². The topological polar surface area (TPSA) is 96.5 Å². The van der Waals surface area contributed by atoms with Crippen molar-refractivity contribution >= 4 is 11.9 Å². The lowest BCUT2D eigenvalue weighted by Crippen LogP contribution is -2.52. The van der Waals surface area contributed by atoms with Crippen LogP contribution in [0.5, 0.6) is 0 Å². The zero-order chi connectivity index (χ0) is 16.1. The fraction of sp³-hybridized carbons (Fsp3) is 0.562. The summed E-state index contributed by atoms with van der Waals surface area (Å²) in [5, 5.41) is 9.49. The van der Waals surface area contributed by atoms with E-state index in [2.05, 4.69) is 18.8 Å². The van der Waals surface area contributed by atoms with Crippen LogP contribution in [-0.2, 0) is 16.0 Å². The second-order valence-electron chi connectivity index (χ2n) is 6.86. The standard InChI is InChI=1S/C16H21N3O3/c1-16(2)10-8-19(13(12(10)16)15(21)22)14(20)11(17)7-9-5-3-4-6-18-9/h3-6,10-13H,7-8,17H2,1-2H3,(H,21,22)/t10-,11-,12-,13-/m0/s1. The smallest absolute Gasteiger partial charge is 0.326 e. The number of amides is 1. The molecule has 0 aromatic carbocycles. The molecule has 2 fully saturated rings. The third-order valence-corrected chi connectivity index (χ3v) is 5.22. The number of carboxylic acid groups (broad SMARTS) is 1. The molecule has 0 spiro atoms. The number of pyridine rings is 1. The minimum atomic E-state index is -0.934. The van der Waals surface area contributed by atoms with Crippen LogP contribution >= 0.6 is 0 Å². The molecule has 3 rings (SSSR count). The van der Waals surface area contributed by atoms with Gasteiger partial charge >= 0.3 is 5.97 Å². The number of hydrogen-bond donors (Lipinski definition) is 2. The van der Waals surface area contributed by atoms with Crippen molar-refractivity contribution in [2.75, 3.05) is 6.54 Å². The third kappa shape index (κ3) is 2.27. The number of fused-ring (bicyclic) bond motifs is 1. The van der Waals surface area contributed by atoms with Gasteiger partial charge in [-0.05, 0) is 23.5 Å². The van der Waals surface area contributed by atoms with Gasteiger partial charge < -0.3 is 15.7 Å². The Labute approximate surface area is 129 Å². The first kappa shape index (κ1) is 15.0. The van der Waals surface area contributed by atoms with Gasteiger partial charge in [0.2, 0.25) is 5.91 Å². The molecule has 1 aromatic heterocycles. The van der Waals surface area contributed by atoms with Gasteiger partial charge in [-0.2, -0.15) is 0 Å². The molecule has 0 radical (unpaired) electrons. The quantitative estimate of drug-likeness (QED) is 0.845. The first-order valence-electron chi connectivity index (χ1n) is 7.53. The summed E-state index contributed by atoms with van der Waals surface area (Å²) in [7, 11) is 0. The molecule has 1 amide bonds. The number of hydrogen-bond acceptors (Lipinski definition) is 4. The second kappa shape index (κ2) is 5.05. The number of carboxylic acids is 1. The monoisotopic (exact) mass is 303 g/mol. The van der Waals surface area contributed by atoms with Crippen molar-refractivity contribution in [1.29, 1.82) is 0 Å². The van der Waals surface area contributed by atoms with Gasteiger partial charge in [0.25, 0.3) is 0 Å². The van der Waals surface area contributed by atoms with Crippen LogP contribution in [0.1, 0.15) is 19.5 Å². The number of carbonyl (C=O) groups is 2. The highest BCUT2D eigenvalue weighted by Crippen LogP contribution is 2.64. The van der Waals surface area contributed by atoms with E-state index in [-0.39, 0.29) is 23.2 Å². The molecule has 0 unspecified atom stereocenters. The highest BCUT2D eigenvalue weighted by Gasteiger charge is 2.69. The van der Waals surface area contributed by atoms with Crippen molar-refractivity contribution in [1.82, 2.24) is 9.88 Å². The SMILES string of the molecule is CC1(C)[C@@H]2[C@@H](C(=O)O)N(C(=O)[C@@H](N)Cc3ccccn3)C[C@@H]21. The number of piperidine rings is 1. The zero-order valence-electron chi connectivity index (χ0n) is 12.8. The van der Waals surface area contributed by atoms with Crippen molar-refractivity contribution < 1.29 is 14.7 Å². The molecule has 1 aliphatic heterocycles. The van der Waals surface area contributed by atoms with Crippen LogP contribution in [0.2, 0.25) is 0 Å². The number of nitrogens with two attached hydrogens (primary N) is 1. The normalized spacial score (nSPS) is 29.8. The summed E-state index contributed by atoms with van der Waals surface area (Å²) in [4.78, 5) is 29.7. The Balaban J connectivity index is 1.71. The minimum Gasteiger partial charge on any atom is -0.480 e. The van der Waals surface area contributed by atoms with Crippen molar-refractivity contribution in [3.05, 3.63) is 30.1 Å². The molecule has 3 N–H and O–H groups in total. The molecule has 1 saturated carbocycles. The van der Waals surface area contributed by atoms with Crippen LogP contribution in [0.25, 0.3) is 0 Å². The van der Waals surface area contributed by atoms with Gasteiger partial charge in [0, 0.05) is 30.8 Å². The van der Waals surface area contributed by atoms with Crippen molar-refractivity contribution in [2.45, 2.75) is 32.4 Å². The zero-order valence-corrected chi connectivity index (χ0v) is 12.8. The van der Waals surface area contributed by atoms with Crippen LogP contribution < -0.4 is 5.73 Å².